The van der Waals surface area contributed by atoms with Crippen LogP contribution in [0, 0.1) is 5.95 Å². The number of rotatable bonds is 10. The molecule has 4 rings (SSSR count). The van der Waals surface area contributed by atoms with Gasteiger partial charge in [-0.15, -0.1) is 0 Å². The van der Waals surface area contributed by atoms with Crippen LogP contribution in [0.2, 0.25) is 0 Å². The van der Waals surface area contributed by atoms with Crippen molar-refractivity contribution in [3.63, 3.8) is 0 Å². The number of imidazole rings is 1. The van der Waals surface area contributed by atoms with E-state index in [4.69, 9.17) is 0 Å². The van der Waals surface area contributed by atoms with E-state index in [2.05, 4.69) is 93.7 Å². The van der Waals surface area contributed by atoms with E-state index in [0.717, 1.165) is 43.3 Å². The summed E-state index contributed by atoms with van der Waals surface area (Å²) in [5.41, 5.74) is 5.29. The second kappa shape index (κ2) is 10.3. The van der Waals surface area contributed by atoms with Crippen LogP contribution in [0.1, 0.15) is 84.3 Å². The lowest BCUT2D eigenvalue weighted by Crippen LogP contribution is -2.26. The fourth-order valence-electron chi connectivity index (χ4n) is 5.52. The molecular formula is C31H40FN2+. The normalized spacial score (nSPS) is 13.6. The third-order valence-corrected chi connectivity index (χ3v) is 7.61. The highest BCUT2D eigenvalue weighted by atomic mass is 19.1. The number of aryl methyl sites for hydroxylation is 2. The van der Waals surface area contributed by atoms with E-state index in [1.54, 1.807) is 0 Å². The highest BCUT2D eigenvalue weighted by molar-refractivity contribution is 5.96. The second-order valence-electron chi connectivity index (χ2n) is 10.0. The molecule has 1 atom stereocenters. The summed E-state index contributed by atoms with van der Waals surface area (Å²) in [5.74, 6) is -0.140. The van der Waals surface area contributed by atoms with Gasteiger partial charge in [0.25, 0.3) is 5.65 Å². The number of hydrogen-bond acceptors (Lipinski definition) is 0. The Labute approximate surface area is 204 Å². The standard InChI is InChI=1S/C31H40FN2/c1-6-10-12-23-15-17-25(18-16-23)28-29(32)34(21-8-3)30-27-24(19-22-33(28)30)13-11-14-26(27)31(5,9-4)20-7-2/h11,13-19,22H,6-10,12,20-21H2,1-5H3/q+1. The largest absolute Gasteiger partial charge is 0.326 e. The first kappa shape index (κ1) is 24.4. The molecule has 0 aliphatic rings. The van der Waals surface area contributed by atoms with E-state index >= 15 is 4.39 Å². The van der Waals surface area contributed by atoms with Gasteiger partial charge in [-0.1, -0.05) is 89.9 Å². The van der Waals surface area contributed by atoms with E-state index in [9.17, 15) is 0 Å². The Balaban J connectivity index is 2.02. The number of unbranched alkanes of at least 4 members (excludes halogenated alkanes) is 1. The second-order valence-corrected chi connectivity index (χ2v) is 10.0. The maximum Gasteiger partial charge on any atom is 0.326 e. The zero-order chi connectivity index (χ0) is 24.3. The molecule has 2 aromatic heterocycles. The van der Waals surface area contributed by atoms with Crippen LogP contribution in [0.15, 0.2) is 54.7 Å². The molecule has 0 saturated carbocycles. The fourth-order valence-corrected chi connectivity index (χ4v) is 5.52. The first-order valence-corrected chi connectivity index (χ1v) is 13.2. The van der Waals surface area contributed by atoms with E-state index in [1.165, 1.54) is 34.7 Å². The Morgan fingerprint density at radius 3 is 2.32 bits per heavy atom. The van der Waals surface area contributed by atoms with Crippen LogP contribution in [0.3, 0.4) is 0 Å². The van der Waals surface area contributed by atoms with Gasteiger partial charge in [0.15, 0.2) is 0 Å². The Bertz CT molecular complexity index is 1270. The Kier molecular flexibility index (Phi) is 7.40. The number of hydrogen-bond donors (Lipinski definition) is 0. The molecule has 0 aliphatic heterocycles. The third kappa shape index (κ3) is 4.26. The van der Waals surface area contributed by atoms with Crippen LogP contribution in [-0.2, 0) is 18.4 Å². The zero-order valence-electron chi connectivity index (χ0n) is 21.6. The van der Waals surface area contributed by atoms with Gasteiger partial charge in [-0.25, -0.2) is 0 Å². The first-order chi connectivity index (χ1) is 16.5. The van der Waals surface area contributed by atoms with E-state index in [0.29, 0.717) is 12.2 Å². The number of fused-ring (bicyclic) bond motifs is 3. The van der Waals surface area contributed by atoms with Crippen molar-refractivity contribution in [1.29, 1.82) is 0 Å². The van der Waals surface area contributed by atoms with E-state index < -0.39 is 0 Å². The lowest BCUT2D eigenvalue weighted by Gasteiger charge is -2.29. The number of benzene rings is 2. The molecule has 1 unspecified atom stereocenters. The van der Waals surface area contributed by atoms with Gasteiger partial charge in [0, 0.05) is 5.56 Å². The SMILES string of the molecule is CCCCc1ccc(-c2c(F)n(CCC)c3c4c(C(C)(CC)CCC)cccc4cc[n+]23)cc1. The van der Waals surface area contributed by atoms with Crippen molar-refractivity contribution >= 4 is 16.4 Å². The minimum atomic E-state index is -0.140. The van der Waals surface area contributed by atoms with Crippen molar-refractivity contribution < 1.29 is 8.79 Å². The topological polar surface area (TPSA) is 9.03 Å². The van der Waals surface area contributed by atoms with Crippen LogP contribution in [-0.4, -0.2) is 4.57 Å². The van der Waals surface area contributed by atoms with Crippen molar-refractivity contribution in [3.05, 3.63) is 71.8 Å². The van der Waals surface area contributed by atoms with Gasteiger partial charge < -0.3 is 0 Å². The molecule has 0 amide bonds. The highest BCUT2D eigenvalue weighted by Gasteiger charge is 2.33. The molecule has 0 bridgehead atoms. The zero-order valence-corrected chi connectivity index (χ0v) is 21.6. The molecule has 0 saturated heterocycles. The Morgan fingerprint density at radius 1 is 0.912 bits per heavy atom. The smallest absolute Gasteiger partial charge is 0.198 e. The number of nitrogens with zero attached hydrogens (tertiary/aromatic N) is 2. The van der Waals surface area contributed by atoms with Gasteiger partial charge in [0.05, 0.1) is 18.1 Å². The molecule has 180 valence electrons. The number of aromatic nitrogens is 2. The van der Waals surface area contributed by atoms with Crippen molar-refractivity contribution in [2.24, 2.45) is 0 Å². The summed E-state index contributed by atoms with van der Waals surface area (Å²) in [5, 5.41) is 2.38. The summed E-state index contributed by atoms with van der Waals surface area (Å²) in [6.07, 6.45) is 9.68. The van der Waals surface area contributed by atoms with Crippen LogP contribution >= 0.6 is 0 Å². The Morgan fingerprint density at radius 2 is 1.68 bits per heavy atom. The quantitative estimate of drug-likeness (QED) is 0.211. The van der Waals surface area contributed by atoms with Crippen LogP contribution in [0.5, 0.6) is 0 Å². The number of pyridine rings is 1. The van der Waals surface area contributed by atoms with Crippen LogP contribution in [0.25, 0.3) is 27.7 Å². The summed E-state index contributed by atoms with van der Waals surface area (Å²) < 4.78 is 20.2. The third-order valence-electron chi connectivity index (χ3n) is 7.61. The first-order valence-electron chi connectivity index (χ1n) is 13.2. The molecule has 0 aliphatic carbocycles. The van der Waals surface area contributed by atoms with Gasteiger partial charge >= 0.3 is 5.95 Å². The predicted molar refractivity (Wildman–Crippen MR) is 142 cm³/mol. The van der Waals surface area contributed by atoms with Gasteiger partial charge in [-0.3, -0.25) is 0 Å². The molecular weight excluding hydrogens is 419 g/mol. The lowest BCUT2D eigenvalue weighted by molar-refractivity contribution is -0.498. The predicted octanol–water partition coefficient (Wildman–Crippen LogP) is 8.41. The molecule has 34 heavy (non-hydrogen) atoms. The van der Waals surface area contributed by atoms with Gasteiger partial charge in [0.1, 0.15) is 0 Å². The molecule has 0 spiro atoms. The molecule has 0 N–H and O–H groups in total. The number of halogens is 1. The lowest BCUT2D eigenvalue weighted by atomic mass is 9.75. The highest BCUT2D eigenvalue weighted by Crippen LogP contribution is 2.39. The summed E-state index contributed by atoms with van der Waals surface area (Å²) in [6.45, 7) is 11.9. The molecule has 2 aromatic carbocycles. The molecule has 3 heteroatoms. The molecule has 0 radical (unpaired) electrons. The van der Waals surface area contributed by atoms with Gasteiger partial charge in [-0.2, -0.15) is 13.4 Å². The average molecular weight is 460 g/mol. The summed E-state index contributed by atoms with van der Waals surface area (Å²) >= 11 is 0. The molecule has 4 aromatic rings. The maximum atomic E-state index is 16.2. The summed E-state index contributed by atoms with van der Waals surface area (Å²) in [4.78, 5) is 0. The van der Waals surface area contributed by atoms with E-state index in [-0.39, 0.29) is 11.4 Å². The molecule has 2 nitrogen and oxygen atoms in total. The molecule has 0 fully saturated rings. The van der Waals surface area contributed by atoms with Crippen LogP contribution < -0.4 is 4.40 Å². The monoisotopic (exact) mass is 459 g/mol. The van der Waals surface area contributed by atoms with E-state index in [1.807, 2.05) is 4.57 Å². The Hall–Kier alpha value is -2.68. The minimum absolute atomic E-state index is 0.0575. The van der Waals surface area contributed by atoms with Crippen LogP contribution in [0.4, 0.5) is 4.39 Å². The minimum Gasteiger partial charge on any atom is -0.198 e. The summed E-state index contributed by atoms with van der Waals surface area (Å²) in [6, 6.07) is 17.3. The average Bonchev–Trinajstić information content (AvgIpc) is 3.14. The maximum absolute atomic E-state index is 16.2. The summed E-state index contributed by atoms with van der Waals surface area (Å²) in [7, 11) is 0. The van der Waals surface area contributed by atoms with Crippen molar-refractivity contribution in [3.8, 4) is 11.3 Å². The van der Waals surface area contributed by atoms with Crippen molar-refractivity contribution in [2.75, 3.05) is 0 Å². The van der Waals surface area contributed by atoms with Crippen molar-refractivity contribution in [1.82, 2.24) is 4.57 Å². The van der Waals surface area contributed by atoms with Gasteiger partial charge in [-0.05, 0) is 60.1 Å². The van der Waals surface area contributed by atoms with Crippen molar-refractivity contribution in [2.45, 2.75) is 91.5 Å². The van der Waals surface area contributed by atoms with Gasteiger partial charge in [0.2, 0.25) is 5.69 Å². The fraction of sp³-hybridized carbons (Fsp3) is 0.452. The molecule has 2 heterocycles.